The Balaban J connectivity index is 2.20. The highest BCUT2D eigenvalue weighted by Crippen LogP contribution is 2.36. The van der Waals surface area contributed by atoms with E-state index in [0.29, 0.717) is 0 Å². The third kappa shape index (κ3) is 4.23. The number of para-hydroxylation sites is 1. The molecular weight excluding hydrogens is 393 g/mol. The van der Waals surface area contributed by atoms with Crippen molar-refractivity contribution in [2.24, 2.45) is 4.99 Å². The van der Waals surface area contributed by atoms with Gasteiger partial charge in [-0.15, -0.1) is 0 Å². The molecule has 0 saturated carbocycles. The third-order valence-corrected chi connectivity index (χ3v) is 5.13. The fourth-order valence-electron chi connectivity index (χ4n) is 2.08. The van der Waals surface area contributed by atoms with E-state index in [1.807, 2.05) is 25.2 Å². The van der Waals surface area contributed by atoms with Crippen molar-refractivity contribution in [3.8, 4) is 5.75 Å². The maximum Gasteiger partial charge on any atom is 0.123 e. The number of hydrogen-bond donors (Lipinski definition) is 0. The summed E-state index contributed by atoms with van der Waals surface area (Å²) in [5.74, 6) is 0.926. The topological polar surface area (TPSA) is 21.6 Å². The second-order valence-corrected chi connectivity index (χ2v) is 7.11. The van der Waals surface area contributed by atoms with E-state index in [2.05, 4.69) is 64.8 Å². The summed E-state index contributed by atoms with van der Waals surface area (Å²) < 4.78 is 6.68. The first kappa shape index (κ1) is 16.4. The van der Waals surface area contributed by atoms with Gasteiger partial charge in [0.1, 0.15) is 5.75 Å². The van der Waals surface area contributed by atoms with Gasteiger partial charge in [-0.3, -0.25) is 4.99 Å². The monoisotopic (exact) mass is 411 g/mol. The van der Waals surface area contributed by atoms with Crippen molar-refractivity contribution in [2.45, 2.75) is 12.2 Å². The highest BCUT2D eigenvalue weighted by atomic mass is 127. The summed E-state index contributed by atoms with van der Waals surface area (Å²) in [7, 11) is 3.55. The maximum atomic E-state index is 5.45. The van der Waals surface area contributed by atoms with Crippen molar-refractivity contribution in [1.82, 2.24) is 0 Å². The first-order valence-electron chi connectivity index (χ1n) is 6.68. The van der Waals surface area contributed by atoms with E-state index in [-0.39, 0.29) is 5.25 Å². The van der Waals surface area contributed by atoms with Gasteiger partial charge in [0.05, 0.1) is 12.2 Å². The number of ether oxygens (including phenoxy) is 1. The van der Waals surface area contributed by atoms with Crippen LogP contribution in [0.25, 0.3) is 0 Å². The highest BCUT2D eigenvalue weighted by molar-refractivity contribution is 14.1. The van der Waals surface area contributed by atoms with Gasteiger partial charge in [-0.2, -0.15) is 0 Å². The molecule has 2 rings (SSSR count). The number of nitrogens with zero attached hydrogens (tertiary/aromatic N) is 1. The van der Waals surface area contributed by atoms with Gasteiger partial charge in [-0.05, 0) is 47.7 Å². The van der Waals surface area contributed by atoms with Crippen molar-refractivity contribution in [3.05, 3.63) is 63.2 Å². The fourth-order valence-corrected chi connectivity index (χ4v) is 3.47. The SMILES string of the molecule is CN=C(SC(C)c1ccccc1OC)c1ccc(I)cc1. The Morgan fingerprint density at radius 1 is 1.14 bits per heavy atom. The smallest absolute Gasteiger partial charge is 0.123 e. The molecule has 0 fully saturated rings. The van der Waals surface area contributed by atoms with Gasteiger partial charge in [0.25, 0.3) is 0 Å². The van der Waals surface area contributed by atoms with Crippen LogP contribution in [-0.2, 0) is 0 Å². The minimum atomic E-state index is 0.277. The van der Waals surface area contributed by atoms with Gasteiger partial charge in [-0.1, -0.05) is 42.1 Å². The molecule has 0 N–H and O–H groups in total. The molecule has 4 heteroatoms. The minimum Gasteiger partial charge on any atom is -0.496 e. The molecule has 2 aromatic carbocycles. The van der Waals surface area contributed by atoms with Gasteiger partial charge < -0.3 is 4.74 Å². The third-order valence-electron chi connectivity index (χ3n) is 3.16. The van der Waals surface area contributed by atoms with E-state index in [4.69, 9.17) is 4.74 Å². The molecular formula is C17H18INOS. The number of halogens is 1. The Labute approximate surface area is 144 Å². The maximum absolute atomic E-state index is 5.45. The molecule has 0 heterocycles. The molecule has 0 saturated heterocycles. The number of methoxy groups -OCH3 is 1. The van der Waals surface area contributed by atoms with Crippen molar-refractivity contribution >= 4 is 39.4 Å². The molecule has 0 bridgehead atoms. The summed E-state index contributed by atoms with van der Waals surface area (Å²) in [5.41, 5.74) is 2.35. The van der Waals surface area contributed by atoms with Crippen LogP contribution >= 0.6 is 34.4 Å². The lowest BCUT2D eigenvalue weighted by Crippen LogP contribution is -2.01. The predicted octanol–water partition coefficient (Wildman–Crippen LogP) is 5.17. The summed E-state index contributed by atoms with van der Waals surface area (Å²) in [4.78, 5) is 4.45. The lowest BCUT2D eigenvalue weighted by atomic mass is 10.1. The Bertz CT molecular complexity index is 625. The summed E-state index contributed by atoms with van der Waals surface area (Å²) in [6.07, 6.45) is 0. The van der Waals surface area contributed by atoms with E-state index >= 15 is 0 Å². The van der Waals surface area contributed by atoms with Gasteiger partial charge in [0.2, 0.25) is 0 Å². The Morgan fingerprint density at radius 2 is 1.81 bits per heavy atom. The van der Waals surface area contributed by atoms with E-state index in [9.17, 15) is 0 Å². The number of rotatable bonds is 4. The average Bonchev–Trinajstić information content (AvgIpc) is 2.53. The largest absolute Gasteiger partial charge is 0.496 e. The first-order chi connectivity index (χ1) is 10.2. The van der Waals surface area contributed by atoms with Crippen LogP contribution in [0.2, 0.25) is 0 Å². The first-order valence-corrected chi connectivity index (χ1v) is 8.64. The molecule has 1 atom stereocenters. The molecule has 0 amide bonds. The van der Waals surface area contributed by atoms with Crippen molar-refractivity contribution in [1.29, 1.82) is 0 Å². The van der Waals surface area contributed by atoms with Crippen LogP contribution in [0, 0.1) is 3.57 Å². The lowest BCUT2D eigenvalue weighted by Gasteiger charge is -2.16. The number of aliphatic imine (C=N–C) groups is 1. The minimum absolute atomic E-state index is 0.277. The zero-order valence-corrected chi connectivity index (χ0v) is 15.3. The Kier molecular flexibility index (Phi) is 6.11. The Morgan fingerprint density at radius 3 is 2.43 bits per heavy atom. The van der Waals surface area contributed by atoms with Crippen LogP contribution in [0.3, 0.4) is 0 Å². The second-order valence-electron chi connectivity index (χ2n) is 4.54. The van der Waals surface area contributed by atoms with E-state index in [1.54, 1.807) is 18.9 Å². The van der Waals surface area contributed by atoms with Crippen molar-refractivity contribution < 1.29 is 4.74 Å². The summed E-state index contributed by atoms with van der Waals surface area (Å²) >= 11 is 4.07. The Hall–Kier alpha value is -1.01. The lowest BCUT2D eigenvalue weighted by molar-refractivity contribution is 0.410. The summed E-state index contributed by atoms with van der Waals surface area (Å²) in [6.45, 7) is 2.18. The molecule has 110 valence electrons. The van der Waals surface area contributed by atoms with E-state index in [1.165, 1.54) is 9.13 Å². The molecule has 0 aliphatic heterocycles. The molecule has 21 heavy (non-hydrogen) atoms. The van der Waals surface area contributed by atoms with Gasteiger partial charge in [0, 0.05) is 27.0 Å². The zero-order chi connectivity index (χ0) is 15.2. The van der Waals surface area contributed by atoms with Crippen molar-refractivity contribution in [2.75, 3.05) is 14.2 Å². The molecule has 2 nitrogen and oxygen atoms in total. The van der Waals surface area contributed by atoms with Gasteiger partial charge >= 0.3 is 0 Å². The molecule has 0 aliphatic rings. The molecule has 2 aromatic rings. The van der Waals surface area contributed by atoms with E-state index < -0.39 is 0 Å². The molecule has 1 unspecified atom stereocenters. The fraction of sp³-hybridized carbons (Fsp3) is 0.235. The number of thioether (sulfide) groups is 1. The molecule has 0 aromatic heterocycles. The predicted molar refractivity (Wildman–Crippen MR) is 101 cm³/mol. The second kappa shape index (κ2) is 7.84. The number of hydrogen-bond acceptors (Lipinski definition) is 3. The van der Waals surface area contributed by atoms with Crippen LogP contribution in [0.15, 0.2) is 53.5 Å². The average molecular weight is 411 g/mol. The van der Waals surface area contributed by atoms with Crippen molar-refractivity contribution in [3.63, 3.8) is 0 Å². The normalized spacial score (nSPS) is 13.0. The molecule has 0 aliphatic carbocycles. The van der Waals surface area contributed by atoms with Crippen LogP contribution in [0.5, 0.6) is 5.75 Å². The van der Waals surface area contributed by atoms with Crippen LogP contribution in [0.1, 0.15) is 23.3 Å². The van der Waals surface area contributed by atoms with Crippen LogP contribution in [0.4, 0.5) is 0 Å². The molecule has 0 radical (unpaired) electrons. The summed E-state index contributed by atoms with van der Waals surface area (Å²) in [6, 6.07) is 16.6. The van der Waals surface area contributed by atoms with Crippen LogP contribution < -0.4 is 4.74 Å². The zero-order valence-electron chi connectivity index (χ0n) is 12.3. The molecule has 0 spiro atoms. The number of benzene rings is 2. The van der Waals surface area contributed by atoms with Gasteiger partial charge in [0.15, 0.2) is 0 Å². The standard InChI is InChI=1S/C17H18INOS/c1-12(15-6-4-5-7-16(15)20-3)21-17(19-2)13-8-10-14(18)11-9-13/h4-12H,1-3H3. The van der Waals surface area contributed by atoms with E-state index in [0.717, 1.165) is 16.4 Å². The van der Waals surface area contributed by atoms with Gasteiger partial charge in [-0.25, -0.2) is 0 Å². The summed E-state index contributed by atoms with van der Waals surface area (Å²) in [5, 5.41) is 1.32. The quantitative estimate of drug-likeness (QED) is 0.393. The van der Waals surface area contributed by atoms with Crippen LogP contribution in [-0.4, -0.2) is 19.2 Å². The highest BCUT2D eigenvalue weighted by Gasteiger charge is 2.15.